The molecule has 6 heteroatoms. The molecule has 1 aliphatic rings. The predicted octanol–water partition coefficient (Wildman–Crippen LogP) is 6.84. The predicted molar refractivity (Wildman–Crippen MR) is 131 cm³/mol. The molecular formula is C26H35NO4S. The fraction of sp³-hybridized carbons (Fsp3) is 0.538. The molecule has 174 valence electrons. The van der Waals surface area contributed by atoms with Crippen LogP contribution in [0.5, 0.6) is 5.75 Å². The van der Waals surface area contributed by atoms with Gasteiger partial charge in [-0.2, -0.15) is 0 Å². The topological polar surface area (TPSA) is 64.6 Å². The zero-order chi connectivity index (χ0) is 23.1. The second-order valence-corrected chi connectivity index (χ2v) is 9.51. The molecule has 1 fully saturated rings. The number of aryl methyl sites for hydroxylation is 1. The van der Waals surface area contributed by atoms with Crippen LogP contribution in [0.2, 0.25) is 0 Å². The highest BCUT2D eigenvalue weighted by Crippen LogP contribution is 2.41. The molecule has 2 aromatic rings. The summed E-state index contributed by atoms with van der Waals surface area (Å²) in [5.74, 6) is 1.01. The van der Waals surface area contributed by atoms with Gasteiger partial charge in [0.25, 0.3) is 0 Å². The lowest BCUT2D eigenvalue weighted by atomic mass is 9.79. The number of thiophene rings is 1. The lowest BCUT2D eigenvalue weighted by Gasteiger charge is -2.27. The Morgan fingerprint density at radius 1 is 1.12 bits per heavy atom. The third-order valence-electron chi connectivity index (χ3n) is 6.34. The van der Waals surface area contributed by atoms with Crippen LogP contribution in [-0.2, 0) is 9.53 Å². The van der Waals surface area contributed by atoms with Crippen LogP contribution < -0.4 is 10.1 Å². The lowest BCUT2D eigenvalue weighted by Crippen LogP contribution is -2.27. The number of rotatable bonds is 9. The number of unbranched alkanes of at least 4 members (excludes halogenated alkanes) is 1. The van der Waals surface area contributed by atoms with Crippen LogP contribution >= 0.6 is 11.3 Å². The van der Waals surface area contributed by atoms with E-state index in [9.17, 15) is 9.59 Å². The van der Waals surface area contributed by atoms with Crippen molar-refractivity contribution in [2.75, 3.05) is 19.0 Å². The number of hydrogen-bond donors (Lipinski definition) is 1. The second kappa shape index (κ2) is 11.5. The molecule has 0 aliphatic heterocycles. The standard InChI is InChI=1S/C26H35NO4S/c1-5-7-8-18-10-12-19(13-11-18)24(28)27-25-23(26(29)31-6-2)21(16-32-25)20-15-17(3)9-14-22(20)30-4/h9,14-16,18-19H,5-8,10-13H2,1-4H3,(H,27,28). The van der Waals surface area contributed by atoms with Gasteiger partial charge in [-0.05, 0) is 57.6 Å². The van der Waals surface area contributed by atoms with Gasteiger partial charge in [0.1, 0.15) is 16.3 Å². The number of esters is 1. The number of carbonyl (C=O) groups excluding carboxylic acids is 2. The molecule has 1 N–H and O–H groups in total. The average Bonchev–Trinajstić information content (AvgIpc) is 3.21. The van der Waals surface area contributed by atoms with E-state index in [0.29, 0.717) is 16.3 Å². The van der Waals surface area contributed by atoms with Gasteiger partial charge >= 0.3 is 5.97 Å². The molecule has 3 rings (SSSR count). The van der Waals surface area contributed by atoms with E-state index in [1.54, 1.807) is 14.0 Å². The third-order valence-corrected chi connectivity index (χ3v) is 7.23. The summed E-state index contributed by atoms with van der Waals surface area (Å²) in [4.78, 5) is 26.0. The normalized spacial score (nSPS) is 18.2. The van der Waals surface area contributed by atoms with Crippen LogP contribution in [0.25, 0.3) is 11.1 Å². The highest BCUT2D eigenvalue weighted by molar-refractivity contribution is 7.15. The Hall–Kier alpha value is -2.34. The molecule has 1 aromatic carbocycles. The van der Waals surface area contributed by atoms with E-state index >= 15 is 0 Å². The maximum atomic E-state index is 13.1. The Morgan fingerprint density at radius 2 is 1.88 bits per heavy atom. The Balaban J connectivity index is 1.82. The van der Waals surface area contributed by atoms with Gasteiger partial charge in [-0.1, -0.05) is 37.8 Å². The third kappa shape index (κ3) is 5.71. The maximum Gasteiger partial charge on any atom is 0.341 e. The van der Waals surface area contributed by atoms with Crippen LogP contribution in [0.4, 0.5) is 5.00 Å². The van der Waals surface area contributed by atoms with Gasteiger partial charge in [-0.3, -0.25) is 4.79 Å². The number of carbonyl (C=O) groups is 2. The van der Waals surface area contributed by atoms with E-state index in [2.05, 4.69) is 12.2 Å². The lowest BCUT2D eigenvalue weighted by molar-refractivity contribution is -0.121. The summed E-state index contributed by atoms with van der Waals surface area (Å²) in [6, 6.07) is 5.86. The summed E-state index contributed by atoms with van der Waals surface area (Å²) in [5, 5.41) is 5.52. The van der Waals surface area contributed by atoms with E-state index in [0.717, 1.165) is 48.3 Å². The van der Waals surface area contributed by atoms with Crippen LogP contribution in [-0.4, -0.2) is 25.6 Å². The van der Waals surface area contributed by atoms with E-state index in [1.165, 1.54) is 30.6 Å². The first-order chi connectivity index (χ1) is 15.5. The summed E-state index contributed by atoms with van der Waals surface area (Å²) in [5.41, 5.74) is 3.02. The monoisotopic (exact) mass is 457 g/mol. The average molecular weight is 458 g/mol. The molecule has 1 saturated carbocycles. The maximum absolute atomic E-state index is 13.1. The van der Waals surface area contributed by atoms with Crippen molar-refractivity contribution in [1.29, 1.82) is 0 Å². The second-order valence-electron chi connectivity index (χ2n) is 8.63. The molecule has 0 radical (unpaired) electrons. The van der Waals surface area contributed by atoms with E-state index in [1.807, 2.05) is 30.5 Å². The fourth-order valence-corrected chi connectivity index (χ4v) is 5.46. The smallest absolute Gasteiger partial charge is 0.341 e. The summed E-state index contributed by atoms with van der Waals surface area (Å²) < 4.78 is 10.9. The SMILES string of the molecule is CCCCC1CCC(C(=O)Nc2scc(-c3cc(C)ccc3OC)c2C(=O)OCC)CC1. The summed E-state index contributed by atoms with van der Waals surface area (Å²) in [6.07, 6.45) is 7.81. The van der Waals surface area contributed by atoms with Gasteiger partial charge in [0.15, 0.2) is 0 Å². The minimum atomic E-state index is -0.425. The first kappa shape index (κ1) is 24.3. The zero-order valence-corrected chi connectivity index (χ0v) is 20.5. The minimum absolute atomic E-state index is 0.00183. The Morgan fingerprint density at radius 3 is 2.53 bits per heavy atom. The molecule has 32 heavy (non-hydrogen) atoms. The molecule has 0 atom stereocenters. The van der Waals surface area contributed by atoms with Crippen molar-refractivity contribution in [2.24, 2.45) is 11.8 Å². The molecule has 1 heterocycles. The molecule has 1 aliphatic carbocycles. The number of hydrogen-bond acceptors (Lipinski definition) is 5. The van der Waals surface area contributed by atoms with Crippen LogP contribution in [0, 0.1) is 18.8 Å². The molecule has 0 spiro atoms. The quantitative estimate of drug-likeness (QED) is 0.419. The van der Waals surface area contributed by atoms with Gasteiger partial charge in [-0.15, -0.1) is 11.3 Å². The van der Waals surface area contributed by atoms with Crippen molar-refractivity contribution in [2.45, 2.75) is 65.7 Å². The molecule has 1 aromatic heterocycles. The molecular weight excluding hydrogens is 422 g/mol. The van der Waals surface area contributed by atoms with Crippen LogP contribution in [0.3, 0.4) is 0 Å². The van der Waals surface area contributed by atoms with Crippen molar-refractivity contribution in [3.05, 3.63) is 34.7 Å². The van der Waals surface area contributed by atoms with E-state index < -0.39 is 5.97 Å². The molecule has 5 nitrogen and oxygen atoms in total. The van der Waals surface area contributed by atoms with Gasteiger partial charge in [0, 0.05) is 22.4 Å². The number of benzene rings is 1. The zero-order valence-electron chi connectivity index (χ0n) is 19.7. The van der Waals surface area contributed by atoms with Crippen molar-refractivity contribution in [1.82, 2.24) is 0 Å². The van der Waals surface area contributed by atoms with E-state index in [-0.39, 0.29) is 18.4 Å². The molecule has 0 saturated heterocycles. The number of anilines is 1. The fourth-order valence-electron chi connectivity index (χ4n) is 4.51. The largest absolute Gasteiger partial charge is 0.496 e. The minimum Gasteiger partial charge on any atom is -0.496 e. The van der Waals surface area contributed by atoms with Gasteiger partial charge in [0.2, 0.25) is 5.91 Å². The number of nitrogens with one attached hydrogen (secondary N) is 1. The van der Waals surface area contributed by atoms with Gasteiger partial charge < -0.3 is 14.8 Å². The summed E-state index contributed by atoms with van der Waals surface area (Å²) >= 11 is 1.37. The van der Waals surface area contributed by atoms with Crippen molar-refractivity contribution >= 4 is 28.2 Å². The first-order valence-corrected chi connectivity index (χ1v) is 12.6. The van der Waals surface area contributed by atoms with Gasteiger partial charge in [0.05, 0.1) is 13.7 Å². The summed E-state index contributed by atoms with van der Waals surface area (Å²) in [7, 11) is 1.62. The highest BCUT2D eigenvalue weighted by atomic mass is 32.1. The number of ether oxygens (including phenoxy) is 2. The Bertz CT molecular complexity index is 928. The number of methoxy groups -OCH3 is 1. The Labute approximate surface area is 195 Å². The van der Waals surface area contributed by atoms with Gasteiger partial charge in [-0.25, -0.2) is 4.79 Å². The molecule has 1 amide bonds. The van der Waals surface area contributed by atoms with Crippen LogP contribution in [0.1, 0.15) is 74.7 Å². The molecule has 0 bridgehead atoms. The van der Waals surface area contributed by atoms with E-state index in [4.69, 9.17) is 9.47 Å². The van der Waals surface area contributed by atoms with Crippen molar-refractivity contribution < 1.29 is 19.1 Å². The van der Waals surface area contributed by atoms with Crippen molar-refractivity contribution in [3.8, 4) is 16.9 Å². The highest BCUT2D eigenvalue weighted by Gasteiger charge is 2.29. The van der Waals surface area contributed by atoms with Crippen molar-refractivity contribution in [3.63, 3.8) is 0 Å². The summed E-state index contributed by atoms with van der Waals surface area (Å²) in [6.45, 7) is 6.28. The number of amides is 1. The first-order valence-electron chi connectivity index (χ1n) is 11.7. The Kier molecular flexibility index (Phi) is 8.74. The molecule has 0 unspecified atom stereocenters. The van der Waals surface area contributed by atoms with Crippen LogP contribution in [0.15, 0.2) is 23.6 Å².